The van der Waals surface area contributed by atoms with Gasteiger partial charge in [0.15, 0.2) is 6.29 Å². The van der Waals surface area contributed by atoms with E-state index in [2.05, 4.69) is 6.92 Å². The zero-order chi connectivity index (χ0) is 25.9. The average molecular weight is 511 g/mol. The highest BCUT2D eigenvalue weighted by Gasteiger charge is 2.57. The van der Waals surface area contributed by atoms with Gasteiger partial charge in [-0.1, -0.05) is 0 Å². The van der Waals surface area contributed by atoms with Crippen LogP contribution >= 0.6 is 0 Å². The largest absolute Gasteiger partial charge is 0.465 e. The van der Waals surface area contributed by atoms with Gasteiger partial charge in [-0.3, -0.25) is 4.79 Å². The zero-order valence-electron chi connectivity index (χ0n) is 17.3. The van der Waals surface area contributed by atoms with E-state index in [0.29, 0.717) is 0 Å². The van der Waals surface area contributed by atoms with Crippen LogP contribution in [0, 0.1) is 12.8 Å². The number of carbonyl (C=O) groups is 1. The van der Waals surface area contributed by atoms with Crippen molar-refractivity contribution in [3.05, 3.63) is 6.92 Å². The molecule has 0 spiro atoms. The second-order valence-corrected chi connectivity index (χ2v) is 7.05. The van der Waals surface area contributed by atoms with Crippen LogP contribution in [0.1, 0.15) is 38.5 Å². The summed E-state index contributed by atoms with van der Waals surface area (Å²) < 4.78 is 139. The summed E-state index contributed by atoms with van der Waals surface area (Å²) in [6, 6.07) is 0. The quantitative estimate of drug-likeness (QED) is 0.136. The minimum Gasteiger partial charge on any atom is -0.465 e. The number of hydrogen-bond acceptors (Lipinski definition) is 5. The van der Waals surface area contributed by atoms with Crippen molar-refractivity contribution in [2.75, 3.05) is 26.4 Å². The van der Waals surface area contributed by atoms with E-state index < -0.39 is 87.7 Å². The third kappa shape index (κ3) is 12.6. The summed E-state index contributed by atoms with van der Waals surface area (Å²) in [5, 5.41) is 8.78. The van der Waals surface area contributed by atoms with Crippen molar-refractivity contribution < 1.29 is 68.0 Å². The van der Waals surface area contributed by atoms with E-state index in [4.69, 9.17) is 19.3 Å². The number of alkyl halides is 10. The molecule has 0 bridgehead atoms. The van der Waals surface area contributed by atoms with Gasteiger partial charge in [0.1, 0.15) is 0 Å². The summed E-state index contributed by atoms with van der Waals surface area (Å²) in [6.07, 6.45) is -18.6. The second-order valence-electron chi connectivity index (χ2n) is 7.05. The van der Waals surface area contributed by atoms with Crippen LogP contribution in [-0.2, 0) is 19.0 Å². The van der Waals surface area contributed by atoms with Crippen LogP contribution in [0.4, 0.5) is 43.9 Å². The van der Waals surface area contributed by atoms with E-state index >= 15 is 0 Å². The fourth-order valence-electron chi connectivity index (χ4n) is 2.09. The van der Waals surface area contributed by atoms with Crippen molar-refractivity contribution in [2.24, 2.45) is 5.92 Å². The number of halogens is 10. The highest BCUT2D eigenvalue weighted by molar-refractivity contribution is 5.69. The van der Waals surface area contributed by atoms with Gasteiger partial charge in [-0.25, -0.2) is 0 Å². The molecule has 33 heavy (non-hydrogen) atoms. The number of carbonyl (C=O) groups excluding carboxylic acids is 1. The molecule has 1 unspecified atom stereocenters. The topological polar surface area (TPSA) is 65.0 Å². The Hall–Kier alpha value is -1.35. The Morgan fingerprint density at radius 3 is 1.61 bits per heavy atom. The minimum absolute atomic E-state index is 0.249. The van der Waals surface area contributed by atoms with Crippen molar-refractivity contribution >= 4 is 5.97 Å². The molecule has 1 N–H and O–H groups in total. The predicted molar refractivity (Wildman–Crippen MR) is 92.3 cm³/mol. The van der Waals surface area contributed by atoms with Crippen molar-refractivity contribution in [3.8, 4) is 0 Å². The third-order valence-corrected chi connectivity index (χ3v) is 4.03. The Balaban J connectivity index is 4.67. The first kappa shape index (κ1) is 31.6. The Bertz CT molecular complexity index is 532. The standard InChI is InChI=1S/C18H25F10O5/c1-12(10-29)11-33-13(30)4-5-14(31-8-2-6-15(19,20)17(23,24)25)32-9-3-7-16(21,22)18(26,27)28/h12,14,29H,1-11H2. The van der Waals surface area contributed by atoms with Gasteiger partial charge < -0.3 is 19.3 Å². The van der Waals surface area contributed by atoms with E-state index in [-0.39, 0.29) is 19.6 Å². The Labute approximate surface area is 183 Å². The van der Waals surface area contributed by atoms with Crippen LogP contribution in [0.25, 0.3) is 0 Å². The van der Waals surface area contributed by atoms with Gasteiger partial charge >= 0.3 is 30.2 Å². The molecule has 0 aromatic heterocycles. The highest BCUT2D eigenvalue weighted by Crippen LogP contribution is 2.39. The van der Waals surface area contributed by atoms with Gasteiger partial charge in [0.25, 0.3) is 0 Å². The van der Waals surface area contributed by atoms with Gasteiger partial charge in [-0.2, -0.15) is 43.9 Å². The van der Waals surface area contributed by atoms with Gasteiger partial charge in [0.05, 0.1) is 13.0 Å². The van der Waals surface area contributed by atoms with E-state index in [1.807, 2.05) is 0 Å². The van der Waals surface area contributed by atoms with Crippen LogP contribution in [0.2, 0.25) is 0 Å². The summed E-state index contributed by atoms with van der Waals surface area (Å²) >= 11 is 0. The molecule has 0 amide bonds. The van der Waals surface area contributed by atoms with E-state index in [0.717, 1.165) is 0 Å². The number of esters is 1. The molecule has 0 fully saturated rings. The van der Waals surface area contributed by atoms with Crippen molar-refractivity contribution in [2.45, 2.75) is 69.0 Å². The Morgan fingerprint density at radius 1 is 0.818 bits per heavy atom. The van der Waals surface area contributed by atoms with E-state index in [1.54, 1.807) is 0 Å². The van der Waals surface area contributed by atoms with E-state index in [1.165, 1.54) is 0 Å². The molecule has 0 aromatic rings. The smallest absolute Gasteiger partial charge is 0.453 e. The van der Waals surface area contributed by atoms with Crippen molar-refractivity contribution in [3.63, 3.8) is 0 Å². The maximum absolute atomic E-state index is 12.9. The second kappa shape index (κ2) is 13.5. The summed E-state index contributed by atoms with van der Waals surface area (Å²) in [7, 11) is 0. The lowest BCUT2D eigenvalue weighted by Crippen LogP contribution is -2.36. The molecular formula is C18H25F10O5. The first-order valence-electron chi connectivity index (χ1n) is 9.65. The normalized spacial score (nSPS) is 14.6. The van der Waals surface area contributed by atoms with Crippen LogP contribution < -0.4 is 0 Å². The lowest BCUT2D eigenvalue weighted by Gasteiger charge is -2.22. The molecule has 1 atom stereocenters. The molecule has 0 aromatic carbocycles. The van der Waals surface area contributed by atoms with Gasteiger partial charge in [-0.05, 0) is 19.8 Å². The number of hydrogen-bond donors (Lipinski definition) is 1. The molecule has 0 aliphatic carbocycles. The SMILES string of the molecule is [CH2]C(CO)COC(=O)CCC(OCCCC(F)(F)C(F)(F)F)OCCCC(F)(F)C(F)(F)F. The zero-order valence-corrected chi connectivity index (χ0v) is 17.3. The average Bonchev–Trinajstić information content (AvgIpc) is 2.67. The fourth-order valence-corrected chi connectivity index (χ4v) is 2.09. The number of rotatable bonds is 16. The molecule has 0 heterocycles. The van der Waals surface area contributed by atoms with Crippen LogP contribution in [-0.4, -0.2) is 68.0 Å². The molecule has 0 rings (SSSR count). The first-order chi connectivity index (χ1) is 14.9. The molecule has 5 nitrogen and oxygen atoms in total. The van der Waals surface area contributed by atoms with E-state index in [9.17, 15) is 48.7 Å². The summed E-state index contributed by atoms with van der Waals surface area (Å²) in [5.74, 6) is -11.4. The third-order valence-electron chi connectivity index (χ3n) is 4.03. The highest BCUT2D eigenvalue weighted by atomic mass is 19.4. The lowest BCUT2D eigenvalue weighted by atomic mass is 10.2. The Morgan fingerprint density at radius 2 is 1.24 bits per heavy atom. The van der Waals surface area contributed by atoms with Crippen molar-refractivity contribution in [1.29, 1.82) is 0 Å². The van der Waals surface area contributed by atoms with Gasteiger partial charge in [-0.15, -0.1) is 0 Å². The molecule has 0 aliphatic rings. The number of aliphatic hydroxyl groups excluding tert-OH is 1. The molecule has 15 heteroatoms. The summed E-state index contributed by atoms with van der Waals surface area (Å²) in [4.78, 5) is 11.6. The molecular weight excluding hydrogens is 486 g/mol. The summed E-state index contributed by atoms with van der Waals surface area (Å²) in [5.41, 5.74) is 0. The first-order valence-corrected chi connectivity index (χ1v) is 9.65. The molecule has 0 saturated heterocycles. The Kier molecular flexibility index (Phi) is 13.0. The van der Waals surface area contributed by atoms with Gasteiger partial charge in [0.2, 0.25) is 0 Å². The van der Waals surface area contributed by atoms with Crippen LogP contribution in [0.15, 0.2) is 0 Å². The van der Waals surface area contributed by atoms with Crippen LogP contribution in [0.5, 0.6) is 0 Å². The molecule has 197 valence electrons. The predicted octanol–water partition coefficient (Wildman–Crippen LogP) is 5.07. The maximum atomic E-state index is 12.9. The van der Waals surface area contributed by atoms with Crippen LogP contribution in [0.3, 0.4) is 0 Å². The molecule has 1 radical (unpaired) electrons. The monoisotopic (exact) mass is 511 g/mol. The summed E-state index contributed by atoms with van der Waals surface area (Å²) in [6.45, 7) is 1.41. The maximum Gasteiger partial charge on any atom is 0.453 e. The number of ether oxygens (including phenoxy) is 3. The lowest BCUT2D eigenvalue weighted by molar-refractivity contribution is -0.286. The molecule has 0 aliphatic heterocycles. The molecule has 0 saturated carbocycles. The fraction of sp³-hybridized carbons (Fsp3) is 0.889. The number of aliphatic hydroxyl groups is 1. The van der Waals surface area contributed by atoms with Crippen molar-refractivity contribution in [1.82, 2.24) is 0 Å². The van der Waals surface area contributed by atoms with Gasteiger partial charge in [0, 0.05) is 45.0 Å². The minimum atomic E-state index is -5.77.